The standard InChI is InChI=1S/C13H6ClF3N2S/c14-12-18-9(6-10(19-12)13(15,16)17)8-3-1-2-7-4-5-20-11(7)8/h1-6H. The molecule has 0 bridgehead atoms. The maximum absolute atomic E-state index is 12.8. The molecule has 0 aliphatic rings. The molecule has 0 saturated heterocycles. The van der Waals surface area contributed by atoms with Crippen LogP contribution in [0.25, 0.3) is 21.3 Å². The maximum atomic E-state index is 12.8. The van der Waals surface area contributed by atoms with Crippen molar-refractivity contribution in [3.8, 4) is 11.3 Å². The Balaban J connectivity index is 2.24. The van der Waals surface area contributed by atoms with Crippen LogP contribution in [-0.2, 0) is 6.18 Å². The van der Waals surface area contributed by atoms with Gasteiger partial charge in [0.2, 0.25) is 5.28 Å². The molecule has 1 aromatic carbocycles. The van der Waals surface area contributed by atoms with E-state index in [9.17, 15) is 13.2 Å². The van der Waals surface area contributed by atoms with Crippen LogP contribution in [0, 0.1) is 0 Å². The van der Waals surface area contributed by atoms with E-state index in [1.165, 1.54) is 11.3 Å². The van der Waals surface area contributed by atoms with Crippen LogP contribution in [0.1, 0.15) is 5.69 Å². The maximum Gasteiger partial charge on any atom is 0.433 e. The molecule has 0 fully saturated rings. The Kier molecular flexibility index (Phi) is 3.14. The van der Waals surface area contributed by atoms with Gasteiger partial charge in [0.1, 0.15) is 5.69 Å². The molecule has 0 radical (unpaired) electrons. The van der Waals surface area contributed by atoms with Crippen molar-refractivity contribution in [1.29, 1.82) is 0 Å². The second-order valence-corrected chi connectivity index (χ2v) is 5.30. The number of fused-ring (bicyclic) bond motifs is 1. The summed E-state index contributed by atoms with van der Waals surface area (Å²) >= 11 is 7.06. The first-order chi connectivity index (χ1) is 9.45. The predicted octanol–water partition coefficient (Wildman–Crippen LogP) is 5.03. The lowest BCUT2D eigenvalue weighted by molar-refractivity contribution is -0.141. The number of halogens is 4. The summed E-state index contributed by atoms with van der Waals surface area (Å²) in [4.78, 5) is 7.14. The number of alkyl halides is 3. The average Bonchev–Trinajstić information content (AvgIpc) is 2.84. The first-order valence-corrected chi connectivity index (χ1v) is 6.79. The van der Waals surface area contributed by atoms with Gasteiger partial charge in [0.25, 0.3) is 0 Å². The molecule has 0 aliphatic carbocycles. The topological polar surface area (TPSA) is 25.8 Å². The third kappa shape index (κ3) is 2.36. The van der Waals surface area contributed by atoms with E-state index >= 15 is 0 Å². The number of hydrogen-bond donors (Lipinski definition) is 0. The molecule has 3 aromatic rings. The largest absolute Gasteiger partial charge is 0.433 e. The van der Waals surface area contributed by atoms with Crippen molar-refractivity contribution in [2.45, 2.75) is 6.18 Å². The Bertz CT molecular complexity index is 783. The van der Waals surface area contributed by atoms with Crippen LogP contribution in [0.3, 0.4) is 0 Å². The molecule has 0 saturated carbocycles. The van der Waals surface area contributed by atoms with Crippen LogP contribution in [0.2, 0.25) is 5.28 Å². The van der Waals surface area contributed by atoms with E-state index in [4.69, 9.17) is 11.6 Å². The van der Waals surface area contributed by atoms with Gasteiger partial charge >= 0.3 is 6.18 Å². The number of rotatable bonds is 1. The molecule has 3 rings (SSSR count). The van der Waals surface area contributed by atoms with E-state index in [0.29, 0.717) is 5.56 Å². The van der Waals surface area contributed by atoms with Crippen LogP contribution in [0.4, 0.5) is 13.2 Å². The van der Waals surface area contributed by atoms with Crippen molar-refractivity contribution in [3.63, 3.8) is 0 Å². The van der Waals surface area contributed by atoms with E-state index in [1.807, 2.05) is 17.5 Å². The SMILES string of the molecule is FC(F)(F)c1cc(-c2cccc3ccsc23)nc(Cl)n1. The molecule has 102 valence electrons. The van der Waals surface area contributed by atoms with Gasteiger partial charge in [-0.1, -0.05) is 18.2 Å². The second-order valence-electron chi connectivity index (χ2n) is 4.05. The molecule has 7 heteroatoms. The van der Waals surface area contributed by atoms with Crippen LogP contribution in [0.15, 0.2) is 35.7 Å². The van der Waals surface area contributed by atoms with E-state index < -0.39 is 17.2 Å². The summed E-state index contributed by atoms with van der Waals surface area (Å²) < 4.78 is 39.2. The van der Waals surface area contributed by atoms with Gasteiger partial charge in [-0.05, 0) is 34.5 Å². The van der Waals surface area contributed by atoms with Gasteiger partial charge in [0.05, 0.1) is 5.69 Å². The van der Waals surface area contributed by atoms with Crippen LogP contribution in [-0.4, -0.2) is 9.97 Å². The van der Waals surface area contributed by atoms with Gasteiger partial charge in [-0.2, -0.15) is 13.2 Å². The van der Waals surface area contributed by atoms with Crippen molar-refractivity contribution < 1.29 is 13.2 Å². The lowest BCUT2D eigenvalue weighted by atomic mass is 10.1. The Morgan fingerprint density at radius 1 is 1.10 bits per heavy atom. The minimum absolute atomic E-state index is 0.172. The summed E-state index contributed by atoms with van der Waals surface area (Å²) in [5.41, 5.74) is -0.251. The number of thiophene rings is 1. The summed E-state index contributed by atoms with van der Waals surface area (Å²) in [7, 11) is 0. The van der Waals surface area contributed by atoms with E-state index in [1.54, 1.807) is 12.1 Å². The molecule has 2 nitrogen and oxygen atoms in total. The van der Waals surface area contributed by atoms with Gasteiger partial charge in [-0.25, -0.2) is 9.97 Å². The van der Waals surface area contributed by atoms with Crippen LogP contribution >= 0.6 is 22.9 Å². The Hall–Kier alpha value is -1.66. The summed E-state index contributed by atoms with van der Waals surface area (Å²) in [5, 5.41) is 2.42. The third-order valence-electron chi connectivity index (χ3n) is 2.74. The number of benzene rings is 1. The van der Waals surface area contributed by atoms with Crippen molar-refractivity contribution in [2.24, 2.45) is 0 Å². The summed E-state index contributed by atoms with van der Waals surface area (Å²) in [5.74, 6) is 0. The number of nitrogens with zero attached hydrogens (tertiary/aromatic N) is 2. The number of hydrogen-bond acceptors (Lipinski definition) is 3. The predicted molar refractivity (Wildman–Crippen MR) is 72.9 cm³/mol. The van der Waals surface area contributed by atoms with Gasteiger partial charge < -0.3 is 0 Å². The molecular weight excluding hydrogens is 309 g/mol. The summed E-state index contributed by atoms with van der Waals surface area (Å²) in [6.07, 6.45) is -4.55. The van der Waals surface area contributed by atoms with Crippen molar-refractivity contribution in [3.05, 3.63) is 46.7 Å². The van der Waals surface area contributed by atoms with Crippen molar-refractivity contribution >= 4 is 33.0 Å². The minimum Gasteiger partial charge on any atom is -0.218 e. The lowest BCUT2D eigenvalue weighted by Gasteiger charge is -2.08. The van der Waals surface area contributed by atoms with Gasteiger partial charge in [-0.3, -0.25) is 0 Å². The van der Waals surface area contributed by atoms with Crippen LogP contribution < -0.4 is 0 Å². The molecule has 0 spiro atoms. The zero-order valence-electron chi connectivity index (χ0n) is 9.78. The molecule has 0 aliphatic heterocycles. The lowest BCUT2D eigenvalue weighted by Crippen LogP contribution is -2.09. The van der Waals surface area contributed by atoms with Crippen molar-refractivity contribution in [2.75, 3.05) is 0 Å². The molecule has 20 heavy (non-hydrogen) atoms. The summed E-state index contributed by atoms with van der Waals surface area (Å²) in [6, 6.07) is 8.20. The molecule has 2 aromatic heterocycles. The molecule has 2 heterocycles. The fraction of sp³-hybridized carbons (Fsp3) is 0.0769. The average molecular weight is 315 g/mol. The van der Waals surface area contributed by atoms with Gasteiger partial charge in [0, 0.05) is 10.3 Å². The van der Waals surface area contributed by atoms with E-state index in [-0.39, 0.29) is 5.69 Å². The molecule has 0 atom stereocenters. The summed E-state index contributed by atoms with van der Waals surface area (Å²) in [6.45, 7) is 0. The zero-order valence-corrected chi connectivity index (χ0v) is 11.4. The quantitative estimate of drug-likeness (QED) is 0.589. The monoisotopic (exact) mass is 314 g/mol. The zero-order chi connectivity index (χ0) is 14.3. The normalized spacial score (nSPS) is 12.0. The molecule has 0 amide bonds. The highest BCUT2D eigenvalue weighted by Gasteiger charge is 2.33. The smallest absolute Gasteiger partial charge is 0.218 e. The van der Waals surface area contributed by atoms with Gasteiger partial charge in [-0.15, -0.1) is 11.3 Å². The molecule has 0 unspecified atom stereocenters. The highest BCUT2D eigenvalue weighted by atomic mass is 35.5. The fourth-order valence-corrected chi connectivity index (χ4v) is 3.00. The molecular formula is C13H6ClF3N2S. The third-order valence-corrected chi connectivity index (χ3v) is 3.88. The minimum atomic E-state index is -4.55. The second kappa shape index (κ2) is 4.71. The fourth-order valence-electron chi connectivity index (χ4n) is 1.90. The highest BCUT2D eigenvalue weighted by molar-refractivity contribution is 7.17. The Labute approximate surface area is 120 Å². The molecule has 0 N–H and O–H groups in total. The Morgan fingerprint density at radius 2 is 1.90 bits per heavy atom. The van der Waals surface area contributed by atoms with E-state index in [0.717, 1.165) is 16.2 Å². The van der Waals surface area contributed by atoms with E-state index in [2.05, 4.69) is 9.97 Å². The first kappa shape index (κ1) is 13.3. The van der Waals surface area contributed by atoms with Gasteiger partial charge in [0.15, 0.2) is 0 Å². The highest BCUT2D eigenvalue weighted by Crippen LogP contribution is 2.35. The Morgan fingerprint density at radius 3 is 2.65 bits per heavy atom. The van der Waals surface area contributed by atoms with Crippen molar-refractivity contribution in [1.82, 2.24) is 9.97 Å². The first-order valence-electron chi connectivity index (χ1n) is 5.53. The van der Waals surface area contributed by atoms with Crippen LogP contribution in [0.5, 0.6) is 0 Å². The number of aromatic nitrogens is 2.